The quantitative estimate of drug-likeness (QED) is 0.741. The lowest BCUT2D eigenvalue weighted by Gasteiger charge is -2.26. The van der Waals surface area contributed by atoms with Crippen LogP contribution in [0, 0.1) is 5.92 Å². The Morgan fingerprint density at radius 3 is 2.48 bits per heavy atom. The van der Waals surface area contributed by atoms with Crippen LogP contribution in [-0.2, 0) is 13.0 Å². The molecule has 21 heavy (non-hydrogen) atoms. The van der Waals surface area contributed by atoms with Gasteiger partial charge in [-0.3, -0.25) is 0 Å². The maximum atomic E-state index is 5.03. The molecule has 1 aromatic heterocycles. The third-order valence-electron chi connectivity index (χ3n) is 4.73. The predicted octanol–water partition coefficient (Wildman–Crippen LogP) is 5.28. The zero-order valence-corrected chi connectivity index (χ0v) is 15.1. The van der Waals surface area contributed by atoms with Crippen molar-refractivity contribution in [2.24, 2.45) is 5.92 Å². The van der Waals surface area contributed by atoms with E-state index in [9.17, 15) is 0 Å². The number of hydrogen-bond donors (Lipinski definition) is 1. The molecule has 0 atom stereocenters. The lowest BCUT2D eigenvalue weighted by molar-refractivity contribution is 0.318. The van der Waals surface area contributed by atoms with E-state index in [2.05, 4.69) is 33.0 Å². The monoisotopic (exact) mass is 308 g/mol. The van der Waals surface area contributed by atoms with Gasteiger partial charge in [-0.25, -0.2) is 4.98 Å². The molecule has 1 aliphatic carbocycles. The van der Waals surface area contributed by atoms with Crippen molar-refractivity contribution in [1.82, 2.24) is 10.3 Å². The Bertz CT molecular complexity index is 417. The Morgan fingerprint density at radius 1 is 1.19 bits per heavy atom. The number of thiazole rings is 1. The van der Waals surface area contributed by atoms with E-state index < -0.39 is 0 Å². The first kappa shape index (κ1) is 17.0. The Labute approximate surface area is 134 Å². The Balaban J connectivity index is 2.04. The van der Waals surface area contributed by atoms with Gasteiger partial charge < -0.3 is 5.32 Å². The molecule has 1 aliphatic rings. The summed E-state index contributed by atoms with van der Waals surface area (Å²) in [5.74, 6) is 1.71. The maximum Gasteiger partial charge on any atom is 0.0962 e. The van der Waals surface area contributed by atoms with Crippen molar-refractivity contribution in [3.63, 3.8) is 0 Å². The number of nitrogens with one attached hydrogen (secondary N) is 1. The summed E-state index contributed by atoms with van der Waals surface area (Å²) in [7, 11) is 0. The zero-order chi connectivity index (χ0) is 15.2. The van der Waals surface area contributed by atoms with Gasteiger partial charge >= 0.3 is 0 Å². The van der Waals surface area contributed by atoms with Crippen LogP contribution in [0.15, 0.2) is 0 Å². The van der Waals surface area contributed by atoms with E-state index in [0.717, 1.165) is 24.8 Å². The van der Waals surface area contributed by atoms with Crippen LogP contribution in [0.25, 0.3) is 0 Å². The highest BCUT2D eigenvalue weighted by atomic mass is 32.1. The van der Waals surface area contributed by atoms with Gasteiger partial charge in [0.15, 0.2) is 0 Å². The highest BCUT2D eigenvalue weighted by molar-refractivity contribution is 7.11. The number of aromatic nitrogens is 1. The molecule has 1 aromatic rings. The van der Waals surface area contributed by atoms with Crippen molar-refractivity contribution >= 4 is 11.3 Å². The minimum absolute atomic E-state index is 0.546. The van der Waals surface area contributed by atoms with Gasteiger partial charge in [-0.1, -0.05) is 40.5 Å². The van der Waals surface area contributed by atoms with Crippen LogP contribution in [0.1, 0.15) is 87.7 Å². The minimum Gasteiger partial charge on any atom is -0.310 e. The third kappa shape index (κ3) is 4.79. The second-order valence-corrected chi connectivity index (χ2v) is 7.95. The van der Waals surface area contributed by atoms with Gasteiger partial charge in [0.05, 0.1) is 10.7 Å². The second-order valence-electron chi connectivity index (χ2n) is 6.83. The molecule has 0 unspecified atom stereocenters. The first-order valence-electron chi connectivity index (χ1n) is 8.85. The van der Waals surface area contributed by atoms with Crippen LogP contribution in [-0.4, -0.2) is 11.0 Å². The fourth-order valence-electron chi connectivity index (χ4n) is 3.26. The molecule has 3 heteroatoms. The van der Waals surface area contributed by atoms with Crippen molar-refractivity contribution < 1.29 is 0 Å². The SMILES string of the molecule is CCCc1nc(C2CCC(CC)CC2)sc1CNC(C)C. The summed E-state index contributed by atoms with van der Waals surface area (Å²) in [4.78, 5) is 6.52. The molecule has 2 rings (SSSR count). The molecule has 1 heterocycles. The molecule has 0 aliphatic heterocycles. The highest BCUT2D eigenvalue weighted by Crippen LogP contribution is 2.39. The van der Waals surface area contributed by atoms with Crippen molar-refractivity contribution in [2.45, 2.75) is 91.1 Å². The molecule has 1 saturated carbocycles. The summed E-state index contributed by atoms with van der Waals surface area (Å²) in [5, 5.41) is 4.99. The number of hydrogen-bond acceptors (Lipinski definition) is 3. The van der Waals surface area contributed by atoms with Gasteiger partial charge in [-0.15, -0.1) is 11.3 Å². The average molecular weight is 309 g/mol. The van der Waals surface area contributed by atoms with Crippen LogP contribution in [0.5, 0.6) is 0 Å². The Kier molecular flexibility index (Phi) is 6.69. The smallest absolute Gasteiger partial charge is 0.0962 e. The fourth-order valence-corrected chi connectivity index (χ4v) is 4.49. The normalized spacial score (nSPS) is 22.9. The molecule has 0 spiro atoms. The molecule has 120 valence electrons. The van der Waals surface area contributed by atoms with E-state index in [0.29, 0.717) is 6.04 Å². The topological polar surface area (TPSA) is 24.9 Å². The van der Waals surface area contributed by atoms with Crippen LogP contribution in [0.3, 0.4) is 0 Å². The molecular formula is C18H32N2S. The molecule has 1 fully saturated rings. The average Bonchev–Trinajstić information content (AvgIpc) is 2.89. The number of aryl methyl sites for hydroxylation is 1. The van der Waals surface area contributed by atoms with Crippen molar-refractivity contribution in [1.29, 1.82) is 0 Å². The van der Waals surface area contributed by atoms with E-state index in [1.807, 2.05) is 11.3 Å². The largest absolute Gasteiger partial charge is 0.310 e. The van der Waals surface area contributed by atoms with Gasteiger partial charge in [-0.05, 0) is 38.0 Å². The molecule has 1 N–H and O–H groups in total. The molecular weight excluding hydrogens is 276 g/mol. The Morgan fingerprint density at radius 2 is 1.90 bits per heavy atom. The van der Waals surface area contributed by atoms with Crippen LogP contribution >= 0.6 is 11.3 Å². The summed E-state index contributed by atoms with van der Waals surface area (Å²) in [6, 6.07) is 0.546. The fraction of sp³-hybridized carbons (Fsp3) is 0.833. The molecule has 0 amide bonds. The summed E-state index contributed by atoms with van der Waals surface area (Å²) < 4.78 is 0. The lowest BCUT2D eigenvalue weighted by Crippen LogP contribution is -2.21. The molecule has 0 radical (unpaired) electrons. The summed E-state index contributed by atoms with van der Waals surface area (Å²) in [6.45, 7) is 10.0. The predicted molar refractivity (Wildman–Crippen MR) is 93.1 cm³/mol. The summed E-state index contributed by atoms with van der Waals surface area (Å²) >= 11 is 1.98. The molecule has 2 nitrogen and oxygen atoms in total. The zero-order valence-electron chi connectivity index (χ0n) is 14.2. The van der Waals surface area contributed by atoms with Gasteiger partial charge in [-0.2, -0.15) is 0 Å². The minimum atomic E-state index is 0.546. The molecule has 0 bridgehead atoms. The lowest BCUT2D eigenvalue weighted by atomic mass is 9.81. The third-order valence-corrected chi connectivity index (χ3v) is 5.99. The highest BCUT2D eigenvalue weighted by Gasteiger charge is 2.24. The van der Waals surface area contributed by atoms with E-state index in [1.54, 1.807) is 0 Å². The van der Waals surface area contributed by atoms with Gasteiger partial charge in [0.2, 0.25) is 0 Å². The molecule has 0 aromatic carbocycles. The van der Waals surface area contributed by atoms with E-state index in [1.165, 1.54) is 54.1 Å². The maximum absolute atomic E-state index is 5.03. The van der Waals surface area contributed by atoms with Gasteiger partial charge in [0.1, 0.15) is 0 Å². The van der Waals surface area contributed by atoms with Crippen molar-refractivity contribution in [3.05, 3.63) is 15.6 Å². The number of nitrogens with zero attached hydrogens (tertiary/aromatic N) is 1. The first-order valence-corrected chi connectivity index (χ1v) is 9.67. The van der Waals surface area contributed by atoms with Crippen LogP contribution in [0.4, 0.5) is 0 Å². The van der Waals surface area contributed by atoms with Crippen LogP contribution < -0.4 is 5.32 Å². The van der Waals surface area contributed by atoms with Gasteiger partial charge in [0.25, 0.3) is 0 Å². The van der Waals surface area contributed by atoms with E-state index in [-0.39, 0.29) is 0 Å². The Hall–Kier alpha value is -0.410. The number of rotatable bonds is 7. The molecule has 0 saturated heterocycles. The van der Waals surface area contributed by atoms with Crippen molar-refractivity contribution in [2.75, 3.05) is 0 Å². The van der Waals surface area contributed by atoms with E-state index in [4.69, 9.17) is 4.98 Å². The second kappa shape index (κ2) is 8.28. The van der Waals surface area contributed by atoms with Gasteiger partial charge in [0, 0.05) is 23.4 Å². The summed E-state index contributed by atoms with van der Waals surface area (Å²) in [6.07, 6.45) is 9.21. The van der Waals surface area contributed by atoms with Crippen LogP contribution in [0.2, 0.25) is 0 Å². The first-order chi connectivity index (χ1) is 10.1. The van der Waals surface area contributed by atoms with Crippen molar-refractivity contribution in [3.8, 4) is 0 Å². The summed E-state index contributed by atoms with van der Waals surface area (Å²) in [5.41, 5.74) is 1.36. The standard InChI is InChI=1S/C18H32N2S/c1-5-7-16-17(12-19-13(3)4)21-18(20-16)15-10-8-14(6-2)9-11-15/h13-15,19H,5-12H2,1-4H3. The van der Waals surface area contributed by atoms with E-state index >= 15 is 0 Å².